The van der Waals surface area contributed by atoms with Crippen molar-refractivity contribution in [3.8, 4) is 0 Å². The number of hydrogen-bond donors (Lipinski definition) is 2. The van der Waals surface area contributed by atoms with Crippen LogP contribution in [0, 0.1) is 13.8 Å². The minimum Gasteiger partial charge on any atom is -0.383 e. The Morgan fingerprint density at radius 2 is 2.11 bits per heavy atom. The fourth-order valence-electron chi connectivity index (χ4n) is 1.82. The second-order valence-corrected chi connectivity index (χ2v) is 4.39. The van der Waals surface area contributed by atoms with Crippen molar-refractivity contribution in [2.24, 2.45) is 12.0 Å². The summed E-state index contributed by atoms with van der Waals surface area (Å²) in [7, 11) is 3.64. The molecular weight excluding hydrogens is 242 g/mol. The van der Waals surface area contributed by atoms with E-state index in [1.807, 2.05) is 25.6 Å². The van der Waals surface area contributed by atoms with Crippen molar-refractivity contribution in [3.63, 3.8) is 0 Å². The Morgan fingerprint density at radius 3 is 2.63 bits per heavy atom. The molecule has 19 heavy (non-hydrogen) atoms. The molecule has 0 fully saturated rings. The van der Waals surface area contributed by atoms with Gasteiger partial charge in [0.15, 0.2) is 5.96 Å². The number of aliphatic imine (C=N–C) groups is 1. The van der Waals surface area contributed by atoms with Crippen LogP contribution in [0.3, 0.4) is 0 Å². The lowest BCUT2D eigenvalue weighted by atomic mass is 10.2. The molecule has 0 saturated carbocycles. The first kappa shape index (κ1) is 15.5. The summed E-state index contributed by atoms with van der Waals surface area (Å²) in [5.41, 5.74) is 3.39. The highest BCUT2D eigenvalue weighted by Gasteiger charge is 2.08. The number of aromatic nitrogens is 2. The fourth-order valence-corrected chi connectivity index (χ4v) is 1.82. The van der Waals surface area contributed by atoms with Crippen LogP contribution in [0.15, 0.2) is 4.99 Å². The van der Waals surface area contributed by atoms with Crippen molar-refractivity contribution in [3.05, 3.63) is 17.0 Å². The van der Waals surface area contributed by atoms with E-state index < -0.39 is 0 Å². The Morgan fingerprint density at radius 1 is 1.37 bits per heavy atom. The summed E-state index contributed by atoms with van der Waals surface area (Å²) in [6.07, 6.45) is 0. The maximum Gasteiger partial charge on any atom is 0.191 e. The molecular formula is C13H25N5O. The Labute approximate surface area is 115 Å². The van der Waals surface area contributed by atoms with Crippen molar-refractivity contribution >= 4 is 5.96 Å². The van der Waals surface area contributed by atoms with Gasteiger partial charge < -0.3 is 15.4 Å². The lowest BCUT2D eigenvalue weighted by Gasteiger charge is -2.10. The molecule has 2 N–H and O–H groups in total. The van der Waals surface area contributed by atoms with E-state index in [2.05, 4.69) is 27.6 Å². The van der Waals surface area contributed by atoms with Crippen LogP contribution in [0.1, 0.15) is 23.9 Å². The molecule has 0 atom stereocenters. The lowest BCUT2D eigenvalue weighted by Crippen LogP contribution is -2.38. The van der Waals surface area contributed by atoms with E-state index in [-0.39, 0.29) is 0 Å². The molecule has 0 unspecified atom stereocenters. The number of methoxy groups -OCH3 is 1. The number of nitrogens with zero attached hydrogens (tertiary/aromatic N) is 3. The van der Waals surface area contributed by atoms with Gasteiger partial charge in [0, 0.05) is 38.5 Å². The van der Waals surface area contributed by atoms with E-state index in [0.29, 0.717) is 13.2 Å². The molecule has 0 radical (unpaired) electrons. The molecule has 108 valence electrons. The number of guanidine groups is 1. The number of ether oxygens (including phenoxy) is 1. The first-order valence-electron chi connectivity index (χ1n) is 6.60. The van der Waals surface area contributed by atoms with Gasteiger partial charge in [-0.05, 0) is 20.8 Å². The van der Waals surface area contributed by atoms with Gasteiger partial charge in [-0.15, -0.1) is 0 Å². The van der Waals surface area contributed by atoms with Crippen molar-refractivity contribution < 1.29 is 4.74 Å². The van der Waals surface area contributed by atoms with E-state index >= 15 is 0 Å². The SMILES string of the molecule is CCNC(=NCc1c(C)nn(C)c1C)NCCOC. The van der Waals surface area contributed by atoms with Gasteiger partial charge in [-0.1, -0.05) is 0 Å². The Hall–Kier alpha value is -1.56. The Balaban J connectivity index is 2.68. The average Bonchev–Trinajstić information content (AvgIpc) is 2.61. The summed E-state index contributed by atoms with van der Waals surface area (Å²) in [4.78, 5) is 4.58. The minimum atomic E-state index is 0.633. The maximum absolute atomic E-state index is 5.02. The molecule has 0 aliphatic carbocycles. The van der Waals surface area contributed by atoms with Gasteiger partial charge in [-0.2, -0.15) is 5.10 Å². The molecule has 0 aliphatic rings. The van der Waals surface area contributed by atoms with Crippen molar-refractivity contribution in [2.75, 3.05) is 26.8 Å². The smallest absolute Gasteiger partial charge is 0.191 e. The first-order valence-corrected chi connectivity index (χ1v) is 6.60. The molecule has 0 aliphatic heterocycles. The molecule has 0 spiro atoms. The third-order valence-corrected chi connectivity index (χ3v) is 3.00. The van der Waals surface area contributed by atoms with Crippen molar-refractivity contribution in [2.45, 2.75) is 27.3 Å². The zero-order valence-electron chi connectivity index (χ0n) is 12.6. The van der Waals surface area contributed by atoms with Crippen LogP contribution in [-0.4, -0.2) is 42.5 Å². The predicted octanol–water partition coefficient (Wildman–Crippen LogP) is 0.738. The molecule has 0 saturated heterocycles. The highest BCUT2D eigenvalue weighted by atomic mass is 16.5. The van der Waals surface area contributed by atoms with Crippen LogP contribution in [0.5, 0.6) is 0 Å². The van der Waals surface area contributed by atoms with Gasteiger partial charge in [-0.3, -0.25) is 4.68 Å². The third kappa shape index (κ3) is 4.55. The van der Waals surface area contributed by atoms with Crippen molar-refractivity contribution in [1.29, 1.82) is 0 Å². The second kappa shape index (κ2) is 7.78. The number of hydrogen-bond acceptors (Lipinski definition) is 3. The largest absolute Gasteiger partial charge is 0.383 e. The van der Waals surface area contributed by atoms with Crippen molar-refractivity contribution in [1.82, 2.24) is 20.4 Å². The van der Waals surface area contributed by atoms with Gasteiger partial charge in [0.25, 0.3) is 0 Å². The van der Waals surface area contributed by atoms with E-state index in [1.54, 1.807) is 7.11 Å². The molecule has 0 bridgehead atoms. The quantitative estimate of drug-likeness (QED) is 0.453. The van der Waals surface area contributed by atoms with E-state index in [0.717, 1.165) is 30.4 Å². The van der Waals surface area contributed by atoms with E-state index in [1.165, 1.54) is 5.56 Å². The molecule has 0 amide bonds. The minimum absolute atomic E-state index is 0.633. The standard InChI is InChI=1S/C13H25N5O/c1-6-14-13(15-7-8-19-5)16-9-12-10(2)17-18(4)11(12)3/h6-9H2,1-5H3,(H2,14,15,16). The van der Waals surface area contributed by atoms with Crippen LogP contribution in [0.2, 0.25) is 0 Å². The van der Waals surface area contributed by atoms with E-state index in [4.69, 9.17) is 4.74 Å². The molecule has 1 rings (SSSR count). The zero-order valence-corrected chi connectivity index (χ0v) is 12.6. The molecule has 6 nitrogen and oxygen atoms in total. The van der Waals surface area contributed by atoms with Gasteiger partial charge in [0.05, 0.1) is 18.8 Å². The molecule has 1 aromatic rings. The summed E-state index contributed by atoms with van der Waals surface area (Å²) in [6.45, 7) is 9.01. The molecule has 6 heteroatoms. The van der Waals surface area contributed by atoms with Crippen LogP contribution < -0.4 is 10.6 Å². The normalized spacial score (nSPS) is 11.7. The Kier molecular flexibility index (Phi) is 6.35. The highest BCUT2D eigenvalue weighted by molar-refractivity contribution is 5.79. The number of aryl methyl sites for hydroxylation is 2. The van der Waals surface area contributed by atoms with Gasteiger partial charge in [-0.25, -0.2) is 4.99 Å². The monoisotopic (exact) mass is 267 g/mol. The summed E-state index contributed by atoms with van der Waals surface area (Å²) < 4.78 is 6.91. The third-order valence-electron chi connectivity index (χ3n) is 3.00. The lowest BCUT2D eigenvalue weighted by molar-refractivity contribution is 0.203. The summed E-state index contributed by atoms with van der Waals surface area (Å²) in [5, 5.41) is 10.8. The first-order chi connectivity index (χ1) is 9.10. The van der Waals surface area contributed by atoms with Crippen LogP contribution in [0.25, 0.3) is 0 Å². The van der Waals surface area contributed by atoms with Gasteiger partial charge >= 0.3 is 0 Å². The molecule has 1 heterocycles. The van der Waals surface area contributed by atoms with Gasteiger partial charge in [0.1, 0.15) is 0 Å². The predicted molar refractivity (Wildman–Crippen MR) is 77.4 cm³/mol. The van der Waals surface area contributed by atoms with Crippen LogP contribution in [0.4, 0.5) is 0 Å². The number of rotatable bonds is 6. The fraction of sp³-hybridized carbons (Fsp3) is 0.692. The summed E-state index contributed by atoms with van der Waals surface area (Å²) >= 11 is 0. The highest BCUT2D eigenvalue weighted by Crippen LogP contribution is 2.12. The molecule has 1 aromatic heterocycles. The van der Waals surface area contributed by atoms with Gasteiger partial charge in [0.2, 0.25) is 0 Å². The summed E-state index contributed by atoms with van der Waals surface area (Å²) in [6, 6.07) is 0. The van der Waals surface area contributed by atoms with E-state index in [9.17, 15) is 0 Å². The summed E-state index contributed by atoms with van der Waals surface area (Å²) in [5.74, 6) is 0.808. The van der Waals surface area contributed by atoms with Crippen LogP contribution >= 0.6 is 0 Å². The topological polar surface area (TPSA) is 63.5 Å². The maximum atomic E-state index is 5.02. The second-order valence-electron chi connectivity index (χ2n) is 4.39. The Bertz CT molecular complexity index is 425. The zero-order chi connectivity index (χ0) is 14.3. The van der Waals surface area contributed by atoms with Crippen LogP contribution in [-0.2, 0) is 18.3 Å². The molecule has 0 aromatic carbocycles. The number of nitrogens with one attached hydrogen (secondary N) is 2. The average molecular weight is 267 g/mol.